The molecule has 1 aromatic heterocycles. The van der Waals surface area contributed by atoms with Gasteiger partial charge >= 0.3 is 0 Å². The average molecular weight is 222 g/mol. The predicted molar refractivity (Wildman–Crippen MR) is 71.9 cm³/mol. The van der Waals surface area contributed by atoms with Crippen LogP contribution in [0.5, 0.6) is 0 Å². The zero-order valence-electron chi connectivity index (χ0n) is 12.2. The maximum absolute atomic E-state index is 7.44. The van der Waals surface area contributed by atoms with Gasteiger partial charge < -0.3 is 0 Å². The number of aromatic nitrogens is 1. The second kappa shape index (κ2) is 4.02. The van der Waals surface area contributed by atoms with Crippen LogP contribution in [-0.4, -0.2) is 4.98 Å². The van der Waals surface area contributed by atoms with Crippen molar-refractivity contribution in [1.82, 2.24) is 4.98 Å². The Labute approximate surface area is 105 Å². The summed E-state index contributed by atoms with van der Waals surface area (Å²) < 4.78 is 22.3. The highest BCUT2D eigenvalue weighted by Crippen LogP contribution is 2.21. The van der Waals surface area contributed by atoms with E-state index in [1.807, 2.05) is 42.5 Å². The fourth-order valence-corrected chi connectivity index (χ4v) is 1.90. The van der Waals surface area contributed by atoms with Gasteiger partial charge in [-0.25, -0.2) is 4.98 Å². The first kappa shape index (κ1) is 7.23. The Morgan fingerprint density at radius 1 is 0.941 bits per heavy atom. The van der Waals surface area contributed by atoms with E-state index >= 15 is 0 Å². The minimum atomic E-state index is -2.08. The van der Waals surface area contributed by atoms with Crippen molar-refractivity contribution in [2.75, 3.05) is 0 Å². The van der Waals surface area contributed by atoms with Crippen LogP contribution in [0, 0.1) is 6.85 Å². The van der Waals surface area contributed by atoms with E-state index in [-0.39, 0.29) is 0 Å². The lowest BCUT2D eigenvalue weighted by atomic mass is 10.1. The SMILES string of the molecule is [2H]C([2H])([2H])c1ccc2nc(-c3ccccc3)ccc2c1. The normalized spacial score (nSPS) is 14.0. The van der Waals surface area contributed by atoms with Gasteiger partial charge in [0.2, 0.25) is 0 Å². The van der Waals surface area contributed by atoms with Crippen molar-refractivity contribution >= 4 is 10.9 Å². The largest absolute Gasteiger partial charge is 0.248 e. The molecule has 0 aliphatic rings. The lowest BCUT2D eigenvalue weighted by Gasteiger charge is -2.03. The standard InChI is InChI=1S/C16H13N/c1-12-7-9-16-14(11-12)8-10-15(17-16)13-5-3-2-4-6-13/h2-11H,1H3/i1D3. The molecule has 0 atom stereocenters. The highest BCUT2D eigenvalue weighted by Gasteiger charge is 2.00. The second-order valence-electron chi connectivity index (χ2n) is 3.97. The minimum absolute atomic E-state index is 0.347. The van der Waals surface area contributed by atoms with Crippen LogP contribution in [0.2, 0.25) is 0 Å². The highest BCUT2D eigenvalue weighted by atomic mass is 14.7. The third kappa shape index (κ3) is 1.92. The zero-order valence-corrected chi connectivity index (χ0v) is 9.22. The van der Waals surface area contributed by atoms with Gasteiger partial charge in [-0.15, -0.1) is 0 Å². The number of aryl methyl sites for hydroxylation is 1. The minimum Gasteiger partial charge on any atom is -0.248 e. The summed E-state index contributed by atoms with van der Waals surface area (Å²) in [5, 5.41) is 0.846. The van der Waals surface area contributed by atoms with E-state index < -0.39 is 6.85 Å². The van der Waals surface area contributed by atoms with Gasteiger partial charge in [0.05, 0.1) is 11.2 Å². The van der Waals surface area contributed by atoms with Crippen molar-refractivity contribution in [3.63, 3.8) is 0 Å². The number of pyridine rings is 1. The van der Waals surface area contributed by atoms with Gasteiger partial charge in [0.25, 0.3) is 0 Å². The first-order chi connectivity index (χ1) is 9.54. The van der Waals surface area contributed by atoms with Crippen molar-refractivity contribution in [3.8, 4) is 11.3 Å². The molecule has 17 heavy (non-hydrogen) atoms. The number of fused-ring (bicyclic) bond motifs is 1. The molecule has 82 valence electrons. The molecule has 0 amide bonds. The summed E-state index contributed by atoms with van der Waals surface area (Å²) in [4.78, 5) is 4.58. The van der Waals surface area contributed by atoms with Gasteiger partial charge in [0, 0.05) is 15.1 Å². The molecule has 2 aromatic carbocycles. The lowest BCUT2D eigenvalue weighted by Crippen LogP contribution is -1.85. The summed E-state index contributed by atoms with van der Waals surface area (Å²) in [6.07, 6.45) is 0. The molecule has 0 radical (unpaired) electrons. The summed E-state index contributed by atoms with van der Waals surface area (Å²) in [5.74, 6) is 0. The molecule has 0 fully saturated rings. The molecule has 0 saturated heterocycles. The molecule has 0 spiro atoms. The Kier molecular flexibility index (Phi) is 1.71. The molecule has 3 aromatic rings. The zero-order chi connectivity index (χ0) is 14.2. The molecule has 1 nitrogen and oxygen atoms in total. The number of hydrogen-bond donors (Lipinski definition) is 0. The smallest absolute Gasteiger partial charge is 0.0709 e. The van der Waals surface area contributed by atoms with E-state index in [9.17, 15) is 0 Å². The Bertz CT molecular complexity index is 749. The Morgan fingerprint density at radius 3 is 2.65 bits per heavy atom. The molecule has 3 rings (SSSR count). The summed E-state index contributed by atoms with van der Waals surface area (Å²) in [6, 6.07) is 18.8. The summed E-state index contributed by atoms with van der Waals surface area (Å²) in [5.41, 5.74) is 3.09. The molecular weight excluding hydrogens is 206 g/mol. The van der Waals surface area contributed by atoms with Gasteiger partial charge in [-0.1, -0.05) is 48.0 Å². The van der Waals surface area contributed by atoms with E-state index in [0.29, 0.717) is 5.56 Å². The van der Waals surface area contributed by atoms with Crippen LogP contribution >= 0.6 is 0 Å². The van der Waals surface area contributed by atoms with Gasteiger partial charge in [0.1, 0.15) is 0 Å². The van der Waals surface area contributed by atoms with Crippen LogP contribution in [0.15, 0.2) is 60.7 Å². The van der Waals surface area contributed by atoms with Gasteiger partial charge in [-0.3, -0.25) is 0 Å². The van der Waals surface area contributed by atoms with Crippen molar-refractivity contribution < 1.29 is 4.11 Å². The Balaban J connectivity index is 2.10. The maximum Gasteiger partial charge on any atom is 0.0709 e. The van der Waals surface area contributed by atoms with Gasteiger partial charge in [-0.2, -0.15) is 0 Å². The summed E-state index contributed by atoms with van der Waals surface area (Å²) in [7, 11) is 0. The fraction of sp³-hybridized carbons (Fsp3) is 0.0625. The maximum atomic E-state index is 7.44. The van der Waals surface area contributed by atoms with Gasteiger partial charge in [-0.05, 0) is 25.1 Å². The van der Waals surface area contributed by atoms with Crippen molar-refractivity contribution in [2.24, 2.45) is 0 Å². The predicted octanol–water partition coefficient (Wildman–Crippen LogP) is 4.21. The summed E-state index contributed by atoms with van der Waals surface area (Å²) >= 11 is 0. The lowest BCUT2D eigenvalue weighted by molar-refractivity contribution is 1.38. The Morgan fingerprint density at radius 2 is 1.82 bits per heavy atom. The van der Waals surface area contributed by atoms with E-state index in [4.69, 9.17) is 4.11 Å². The van der Waals surface area contributed by atoms with Gasteiger partial charge in [0.15, 0.2) is 0 Å². The Hall–Kier alpha value is -2.15. The summed E-state index contributed by atoms with van der Waals surface area (Å²) in [6.45, 7) is -2.08. The topological polar surface area (TPSA) is 12.9 Å². The molecule has 0 unspecified atom stereocenters. The van der Waals surface area contributed by atoms with Crippen molar-refractivity contribution in [1.29, 1.82) is 0 Å². The monoisotopic (exact) mass is 222 g/mol. The van der Waals surface area contributed by atoms with E-state index in [1.54, 1.807) is 18.2 Å². The number of hydrogen-bond acceptors (Lipinski definition) is 1. The highest BCUT2D eigenvalue weighted by molar-refractivity contribution is 5.82. The molecule has 0 saturated carbocycles. The number of rotatable bonds is 1. The van der Waals surface area contributed by atoms with Crippen LogP contribution in [0.3, 0.4) is 0 Å². The molecule has 1 heteroatoms. The van der Waals surface area contributed by atoms with E-state index in [2.05, 4.69) is 4.98 Å². The molecule has 1 heterocycles. The van der Waals surface area contributed by atoms with E-state index in [1.165, 1.54) is 0 Å². The number of benzene rings is 2. The van der Waals surface area contributed by atoms with Crippen molar-refractivity contribution in [2.45, 2.75) is 6.85 Å². The average Bonchev–Trinajstić information content (AvgIpc) is 2.46. The number of nitrogens with zero attached hydrogens (tertiary/aromatic N) is 1. The van der Waals surface area contributed by atoms with Crippen LogP contribution < -0.4 is 0 Å². The van der Waals surface area contributed by atoms with Crippen LogP contribution in [0.4, 0.5) is 0 Å². The third-order valence-electron chi connectivity index (χ3n) is 2.76. The first-order valence-electron chi connectivity index (χ1n) is 7.01. The third-order valence-corrected chi connectivity index (χ3v) is 2.76. The quantitative estimate of drug-likeness (QED) is 0.601. The second-order valence-corrected chi connectivity index (χ2v) is 3.97. The van der Waals surface area contributed by atoms with Crippen LogP contribution in [-0.2, 0) is 0 Å². The molecular formula is C16H13N. The van der Waals surface area contributed by atoms with E-state index in [0.717, 1.165) is 22.2 Å². The molecule has 0 bridgehead atoms. The van der Waals surface area contributed by atoms with Crippen molar-refractivity contribution in [3.05, 3.63) is 66.2 Å². The fourth-order valence-electron chi connectivity index (χ4n) is 1.90. The van der Waals surface area contributed by atoms with Crippen LogP contribution in [0.25, 0.3) is 22.2 Å². The first-order valence-corrected chi connectivity index (χ1v) is 5.51. The molecule has 0 aliphatic heterocycles. The van der Waals surface area contributed by atoms with Crippen LogP contribution in [0.1, 0.15) is 9.68 Å². The molecule has 0 N–H and O–H groups in total. The molecule has 0 aliphatic carbocycles.